The molecule has 0 amide bonds. The highest BCUT2D eigenvalue weighted by molar-refractivity contribution is 7.07. The van der Waals surface area contributed by atoms with Crippen LogP contribution in [0.1, 0.15) is 84.6 Å². The first-order chi connectivity index (χ1) is 12.1. The molecule has 1 rings (SSSR count). The molecular formula is C24H38S. The summed E-state index contributed by atoms with van der Waals surface area (Å²) in [5.74, 6) is 0.836. The van der Waals surface area contributed by atoms with E-state index in [1.54, 1.807) is 16.9 Å². The summed E-state index contributed by atoms with van der Waals surface area (Å²) >= 11 is 1.79. The van der Waals surface area contributed by atoms with E-state index in [4.69, 9.17) is 0 Å². The fourth-order valence-corrected chi connectivity index (χ4v) is 3.59. The second-order valence-corrected chi connectivity index (χ2v) is 8.42. The fourth-order valence-electron chi connectivity index (χ4n) is 2.89. The molecule has 1 aromatic rings. The Labute approximate surface area is 160 Å². The lowest BCUT2D eigenvalue weighted by molar-refractivity contribution is 0.554. The zero-order valence-electron chi connectivity index (χ0n) is 16.9. The normalized spacial score (nSPS) is 13.3. The Morgan fingerprint density at radius 1 is 0.960 bits per heavy atom. The number of hydrogen-bond acceptors (Lipinski definition) is 1. The number of aryl methyl sites for hydroxylation is 1. The van der Waals surface area contributed by atoms with Gasteiger partial charge in [-0.05, 0) is 93.5 Å². The highest BCUT2D eigenvalue weighted by atomic mass is 32.1. The number of thiophene rings is 1. The third-order valence-electron chi connectivity index (χ3n) is 4.56. The van der Waals surface area contributed by atoms with Crippen molar-refractivity contribution in [1.29, 1.82) is 0 Å². The lowest BCUT2D eigenvalue weighted by atomic mass is 10.0. The van der Waals surface area contributed by atoms with Crippen LogP contribution in [-0.2, 0) is 6.42 Å². The summed E-state index contributed by atoms with van der Waals surface area (Å²) in [6, 6.07) is 2.23. The van der Waals surface area contributed by atoms with Gasteiger partial charge in [0.2, 0.25) is 0 Å². The van der Waals surface area contributed by atoms with E-state index >= 15 is 0 Å². The first-order valence-electron chi connectivity index (χ1n) is 10.0. The van der Waals surface area contributed by atoms with Crippen LogP contribution in [0.2, 0.25) is 0 Å². The molecule has 0 nitrogen and oxygen atoms in total. The summed E-state index contributed by atoms with van der Waals surface area (Å²) in [7, 11) is 0. The second kappa shape index (κ2) is 14.1. The van der Waals surface area contributed by atoms with E-state index in [1.807, 2.05) is 0 Å². The number of unbranched alkanes of at least 4 members (excludes halogenated alkanes) is 1. The molecule has 0 radical (unpaired) electrons. The van der Waals surface area contributed by atoms with Gasteiger partial charge in [0, 0.05) is 0 Å². The molecule has 25 heavy (non-hydrogen) atoms. The quantitative estimate of drug-likeness (QED) is 0.245. The van der Waals surface area contributed by atoms with Gasteiger partial charge in [-0.15, -0.1) is 0 Å². The summed E-state index contributed by atoms with van der Waals surface area (Å²) in [5, 5.41) is 4.41. The number of rotatable bonds is 13. The Morgan fingerprint density at radius 2 is 1.68 bits per heavy atom. The van der Waals surface area contributed by atoms with Crippen LogP contribution in [0.15, 0.2) is 52.3 Å². The van der Waals surface area contributed by atoms with Gasteiger partial charge in [0.25, 0.3) is 0 Å². The molecule has 0 aliphatic rings. The van der Waals surface area contributed by atoms with Crippen molar-refractivity contribution in [3.05, 3.63) is 57.8 Å². The molecule has 0 saturated heterocycles. The average molecular weight is 359 g/mol. The van der Waals surface area contributed by atoms with Gasteiger partial charge in [0.1, 0.15) is 0 Å². The summed E-state index contributed by atoms with van der Waals surface area (Å²) in [5.41, 5.74) is 4.58. The van der Waals surface area contributed by atoms with Crippen LogP contribution in [0.5, 0.6) is 0 Å². The third-order valence-corrected chi connectivity index (χ3v) is 5.29. The molecule has 1 aromatic heterocycles. The largest absolute Gasteiger partial charge is 0.152 e. The summed E-state index contributed by atoms with van der Waals surface area (Å²) in [6.45, 7) is 9.20. The third kappa shape index (κ3) is 12.9. The van der Waals surface area contributed by atoms with E-state index in [1.165, 1.54) is 68.9 Å². The predicted molar refractivity (Wildman–Crippen MR) is 116 cm³/mol. The van der Waals surface area contributed by atoms with Gasteiger partial charge >= 0.3 is 0 Å². The smallest absolute Gasteiger partial charge is 0.00611 e. The second-order valence-electron chi connectivity index (χ2n) is 7.64. The first-order valence-corrected chi connectivity index (χ1v) is 11.0. The Balaban J connectivity index is 2.06. The highest BCUT2D eigenvalue weighted by Gasteiger charge is 1.96. The van der Waals surface area contributed by atoms with E-state index in [0.29, 0.717) is 0 Å². The van der Waals surface area contributed by atoms with Crippen molar-refractivity contribution in [2.75, 3.05) is 0 Å². The van der Waals surface area contributed by atoms with Gasteiger partial charge in [-0.3, -0.25) is 0 Å². The topological polar surface area (TPSA) is 0 Å². The molecule has 0 bridgehead atoms. The van der Waals surface area contributed by atoms with E-state index in [0.717, 1.165) is 5.92 Å². The number of allylic oxidation sites excluding steroid dienone is 6. The summed E-state index contributed by atoms with van der Waals surface area (Å²) in [4.78, 5) is 0. The minimum Gasteiger partial charge on any atom is -0.152 e. The molecule has 140 valence electrons. The molecule has 1 heterocycles. The molecule has 0 N–H and O–H groups in total. The minimum absolute atomic E-state index is 0.836. The van der Waals surface area contributed by atoms with Crippen LogP contribution in [0.3, 0.4) is 0 Å². The lowest BCUT2D eigenvalue weighted by Crippen LogP contribution is -1.87. The van der Waals surface area contributed by atoms with Crippen LogP contribution < -0.4 is 0 Å². The molecule has 0 aliphatic carbocycles. The molecule has 1 heteroatoms. The highest BCUT2D eigenvalue weighted by Crippen LogP contribution is 2.14. The van der Waals surface area contributed by atoms with E-state index in [-0.39, 0.29) is 0 Å². The first kappa shape index (κ1) is 22.0. The van der Waals surface area contributed by atoms with Gasteiger partial charge in [-0.25, -0.2) is 0 Å². The van der Waals surface area contributed by atoms with Crippen molar-refractivity contribution in [2.45, 2.75) is 85.5 Å². The Kier molecular flexibility index (Phi) is 12.4. The molecule has 0 atom stereocenters. The van der Waals surface area contributed by atoms with Gasteiger partial charge in [0.15, 0.2) is 0 Å². The lowest BCUT2D eigenvalue weighted by Gasteiger charge is -2.05. The molecule has 0 saturated carbocycles. The Bertz CT molecular complexity index is 514. The summed E-state index contributed by atoms with van der Waals surface area (Å²) < 4.78 is 0. The van der Waals surface area contributed by atoms with Crippen molar-refractivity contribution in [3.63, 3.8) is 0 Å². The van der Waals surface area contributed by atoms with Crippen molar-refractivity contribution in [2.24, 2.45) is 5.92 Å². The zero-order valence-corrected chi connectivity index (χ0v) is 17.7. The molecule has 0 aliphatic heterocycles. The number of hydrogen-bond donors (Lipinski definition) is 0. The maximum absolute atomic E-state index is 2.45. The van der Waals surface area contributed by atoms with Crippen LogP contribution in [-0.4, -0.2) is 0 Å². The van der Waals surface area contributed by atoms with Crippen molar-refractivity contribution >= 4 is 11.3 Å². The van der Waals surface area contributed by atoms with Gasteiger partial charge in [-0.2, -0.15) is 11.3 Å². The van der Waals surface area contributed by atoms with Crippen molar-refractivity contribution in [1.82, 2.24) is 0 Å². The maximum Gasteiger partial charge on any atom is -0.00611 e. The maximum atomic E-state index is 2.45. The molecular weight excluding hydrogens is 320 g/mol. The van der Waals surface area contributed by atoms with E-state index in [9.17, 15) is 0 Å². The van der Waals surface area contributed by atoms with Gasteiger partial charge in [-0.1, -0.05) is 55.7 Å². The average Bonchev–Trinajstić information content (AvgIpc) is 3.07. The monoisotopic (exact) mass is 358 g/mol. The van der Waals surface area contributed by atoms with Crippen LogP contribution >= 0.6 is 11.3 Å². The standard InChI is InChI=1S/C24H38S/c1-21(2)12-10-14-23(4)16-11-15-22(3)13-8-6-5-7-9-17-24-18-19-25-20-24/h5,7,13,16,18-21H,6,8-12,14-15,17H2,1-4H3/b7-5+,22-13+,23-16+. The molecule has 0 unspecified atom stereocenters. The van der Waals surface area contributed by atoms with Gasteiger partial charge < -0.3 is 0 Å². The van der Waals surface area contributed by atoms with Crippen molar-refractivity contribution < 1.29 is 0 Å². The molecule has 0 spiro atoms. The van der Waals surface area contributed by atoms with Crippen LogP contribution in [0.4, 0.5) is 0 Å². The fraction of sp³-hybridized carbons (Fsp3) is 0.583. The van der Waals surface area contributed by atoms with E-state index < -0.39 is 0 Å². The summed E-state index contributed by atoms with van der Waals surface area (Å²) in [6.07, 6.45) is 20.6. The molecule has 0 aromatic carbocycles. The van der Waals surface area contributed by atoms with Crippen molar-refractivity contribution in [3.8, 4) is 0 Å². The van der Waals surface area contributed by atoms with Gasteiger partial charge in [0.05, 0.1) is 0 Å². The Morgan fingerprint density at radius 3 is 2.40 bits per heavy atom. The zero-order chi connectivity index (χ0) is 18.3. The van der Waals surface area contributed by atoms with Crippen LogP contribution in [0.25, 0.3) is 0 Å². The van der Waals surface area contributed by atoms with E-state index in [2.05, 4.69) is 68.8 Å². The SMILES string of the molecule is C/C(=C\CC/C=C/CCc1ccsc1)CC/C=C(\C)CCCC(C)C. The minimum atomic E-state index is 0.836. The van der Waals surface area contributed by atoms with Crippen LogP contribution in [0, 0.1) is 5.92 Å². The predicted octanol–water partition coefficient (Wildman–Crippen LogP) is 8.52. The molecule has 0 fully saturated rings. The Hall–Kier alpha value is -1.08.